The zero-order chi connectivity index (χ0) is 30.9. The molecule has 0 fully saturated rings. The van der Waals surface area contributed by atoms with Gasteiger partial charge in [0, 0.05) is 16.3 Å². The summed E-state index contributed by atoms with van der Waals surface area (Å²) in [6, 6.07) is 21.5. The van der Waals surface area contributed by atoms with Crippen LogP contribution in [0.4, 0.5) is 16.4 Å². The van der Waals surface area contributed by atoms with Gasteiger partial charge in [-0.25, -0.2) is 9.59 Å². The first kappa shape index (κ1) is 31.0. The van der Waals surface area contributed by atoms with Gasteiger partial charge in [0.25, 0.3) is 11.8 Å². The lowest BCUT2D eigenvalue weighted by Crippen LogP contribution is -2.17. The summed E-state index contributed by atoms with van der Waals surface area (Å²) in [5.74, 6) is -3.31. The Morgan fingerprint density at radius 3 is 2.16 bits per heavy atom. The van der Waals surface area contributed by atoms with Gasteiger partial charge in [0.15, 0.2) is 0 Å². The minimum absolute atomic E-state index is 0.0212. The third kappa shape index (κ3) is 7.87. The number of hydrogen-bond acceptors (Lipinski definition) is 8. The molecular formula is C31H27N3O7S2. The second-order valence-electron chi connectivity index (χ2n) is 8.97. The van der Waals surface area contributed by atoms with Crippen molar-refractivity contribution in [3.8, 4) is 0 Å². The zero-order valence-corrected chi connectivity index (χ0v) is 24.8. The van der Waals surface area contributed by atoms with Gasteiger partial charge in [-0.2, -0.15) is 0 Å². The van der Waals surface area contributed by atoms with Crippen LogP contribution in [-0.4, -0.2) is 47.1 Å². The average molecular weight is 618 g/mol. The van der Waals surface area contributed by atoms with Crippen LogP contribution >= 0.6 is 23.1 Å². The van der Waals surface area contributed by atoms with Crippen LogP contribution in [0, 0.1) is 6.92 Å². The first-order chi connectivity index (χ1) is 20.7. The van der Waals surface area contributed by atoms with E-state index in [1.807, 2.05) is 6.07 Å². The summed E-state index contributed by atoms with van der Waals surface area (Å²) in [7, 11) is 0. The van der Waals surface area contributed by atoms with Crippen molar-refractivity contribution in [3.05, 3.63) is 106 Å². The summed E-state index contributed by atoms with van der Waals surface area (Å²) in [4.78, 5) is 63.8. The van der Waals surface area contributed by atoms with Crippen molar-refractivity contribution >= 4 is 69.1 Å². The standard InChI is InChI=1S/C31H27N3O7S2/c1-3-41-31(40)25-18(2)26(28(37)32-19-10-5-4-6-11-19)43-29(25)34-24(35)17-42-21-13-9-12-20(16-21)33-27(36)22-14-7-8-15-23(22)30(38)39/h4-16H,3,17H2,1-2H3,(H,32,37)(H,33,36)(H,34,35)(H,38,39). The maximum Gasteiger partial charge on any atom is 0.341 e. The second-order valence-corrected chi connectivity index (χ2v) is 11.0. The van der Waals surface area contributed by atoms with E-state index in [-0.39, 0.29) is 38.9 Å². The molecule has 0 saturated heterocycles. The molecule has 4 aromatic rings. The van der Waals surface area contributed by atoms with Crippen LogP contribution in [0.5, 0.6) is 0 Å². The van der Waals surface area contributed by atoms with E-state index in [0.717, 1.165) is 11.3 Å². The Morgan fingerprint density at radius 2 is 1.47 bits per heavy atom. The number of para-hydroxylation sites is 1. The minimum Gasteiger partial charge on any atom is -0.478 e. The number of hydrogen-bond donors (Lipinski definition) is 4. The van der Waals surface area contributed by atoms with Crippen LogP contribution in [0.1, 0.15) is 53.2 Å². The number of nitrogens with one attached hydrogen (secondary N) is 3. The van der Waals surface area contributed by atoms with Gasteiger partial charge >= 0.3 is 11.9 Å². The number of carboxylic acid groups (broad SMARTS) is 1. The monoisotopic (exact) mass is 617 g/mol. The topological polar surface area (TPSA) is 151 Å². The molecule has 1 heterocycles. The summed E-state index contributed by atoms with van der Waals surface area (Å²) in [5, 5.41) is 17.8. The Morgan fingerprint density at radius 1 is 0.814 bits per heavy atom. The SMILES string of the molecule is CCOC(=O)c1c(NC(=O)CSc2cccc(NC(=O)c3ccccc3C(=O)O)c2)sc(C(=O)Nc2ccccc2)c1C. The Kier molecular flexibility index (Phi) is 10.3. The quantitative estimate of drug-likeness (QED) is 0.115. The van der Waals surface area contributed by atoms with Gasteiger partial charge in [0.1, 0.15) is 5.00 Å². The molecule has 4 N–H and O–H groups in total. The van der Waals surface area contributed by atoms with Crippen LogP contribution < -0.4 is 16.0 Å². The fraction of sp³-hybridized carbons (Fsp3) is 0.129. The van der Waals surface area contributed by atoms with E-state index >= 15 is 0 Å². The molecule has 0 bridgehead atoms. The van der Waals surface area contributed by atoms with Gasteiger partial charge in [-0.3, -0.25) is 14.4 Å². The number of aromatic carboxylic acids is 1. The van der Waals surface area contributed by atoms with Crippen LogP contribution in [-0.2, 0) is 9.53 Å². The molecule has 1 aromatic heterocycles. The summed E-state index contributed by atoms with van der Waals surface area (Å²) in [5.41, 5.74) is 1.43. The molecule has 0 unspecified atom stereocenters. The van der Waals surface area contributed by atoms with Gasteiger partial charge in [-0.1, -0.05) is 36.4 Å². The van der Waals surface area contributed by atoms with Crippen molar-refractivity contribution in [2.45, 2.75) is 18.7 Å². The Labute approximate surface area is 255 Å². The maximum absolute atomic E-state index is 13.0. The average Bonchev–Trinajstić information content (AvgIpc) is 3.32. The fourth-order valence-electron chi connectivity index (χ4n) is 4.02. The van der Waals surface area contributed by atoms with E-state index < -0.39 is 29.7 Å². The number of thioether (sulfide) groups is 1. The predicted molar refractivity (Wildman–Crippen MR) is 167 cm³/mol. The smallest absolute Gasteiger partial charge is 0.341 e. The van der Waals surface area contributed by atoms with E-state index in [1.54, 1.807) is 68.4 Å². The van der Waals surface area contributed by atoms with Crippen molar-refractivity contribution in [3.63, 3.8) is 0 Å². The number of esters is 1. The fourth-order valence-corrected chi connectivity index (χ4v) is 5.88. The number of ether oxygens (including phenoxy) is 1. The molecule has 0 aliphatic rings. The van der Waals surface area contributed by atoms with Crippen molar-refractivity contribution in [1.29, 1.82) is 0 Å². The lowest BCUT2D eigenvalue weighted by atomic mass is 10.1. The minimum atomic E-state index is -1.21. The van der Waals surface area contributed by atoms with Crippen LogP contribution in [0.15, 0.2) is 83.8 Å². The first-order valence-corrected chi connectivity index (χ1v) is 14.8. The number of amides is 3. The highest BCUT2D eigenvalue weighted by molar-refractivity contribution is 8.00. The molecule has 12 heteroatoms. The Balaban J connectivity index is 1.45. The van der Waals surface area contributed by atoms with E-state index in [2.05, 4.69) is 16.0 Å². The molecule has 3 aromatic carbocycles. The number of benzene rings is 3. The number of carbonyl (C=O) groups excluding carboxylic acids is 4. The van der Waals surface area contributed by atoms with Crippen LogP contribution in [0.3, 0.4) is 0 Å². The number of carbonyl (C=O) groups is 5. The van der Waals surface area contributed by atoms with Gasteiger partial charge in [0.05, 0.1) is 33.9 Å². The van der Waals surface area contributed by atoms with Crippen LogP contribution in [0.2, 0.25) is 0 Å². The largest absolute Gasteiger partial charge is 0.478 e. The molecule has 10 nitrogen and oxygen atoms in total. The number of carboxylic acids is 1. The highest BCUT2D eigenvalue weighted by atomic mass is 32.2. The van der Waals surface area contributed by atoms with Gasteiger partial charge in [-0.15, -0.1) is 23.1 Å². The molecule has 0 spiro atoms. The third-order valence-electron chi connectivity index (χ3n) is 5.98. The number of anilines is 3. The Hall–Kier alpha value is -4.94. The van der Waals surface area contributed by atoms with E-state index in [4.69, 9.17) is 4.74 Å². The van der Waals surface area contributed by atoms with E-state index in [9.17, 15) is 29.1 Å². The first-order valence-electron chi connectivity index (χ1n) is 13.0. The highest BCUT2D eigenvalue weighted by Gasteiger charge is 2.27. The van der Waals surface area contributed by atoms with Crippen molar-refractivity contribution in [2.75, 3.05) is 28.3 Å². The summed E-state index contributed by atoms with van der Waals surface area (Å²) < 4.78 is 5.18. The highest BCUT2D eigenvalue weighted by Crippen LogP contribution is 2.35. The molecule has 0 atom stereocenters. The lowest BCUT2D eigenvalue weighted by Gasteiger charge is -2.10. The molecule has 220 valence electrons. The molecule has 43 heavy (non-hydrogen) atoms. The summed E-state index contributed by atoms with van der Waals surface area (Å²) >= 11 is 2.17. The number of thiophene rings is 1. The maximum atomic E-state index is 13.0. The normalized spacial score (nSPS) is 10.5. The molecule has 0 aliphatic heterocycles. The van der Waals surface area contributed by atoms with Crippen molar-refractivity contribution < 1.29 is 33.8 Å². The molecule has 3 amide bonds. The third-order valence-corrected chi connectivity index (χ3v) is 8.18. The van der Waals surface area contributed by atoms with Crippen LogP contribution in [0.25, 0.3) is 0 Å². The molecular weight excluding hydrogens is 590 g/mol. The van der Waals surface area contributed by atoms with Crippen molar-refractivity contribution in [2.24, 2.45) is 0 Å². The summed E-state index contributed by atoms with van der Waals surface area (Å²) in [6.07, 6.45) is 0. The van der Waals surface area contributed by atoms with E-state index in [1.165, 1.54) is 30.0 Å². The molecule has 4 rings (SSSR count). The van der Waals surface area contributed by atoms with Crippen molar-refractivity contribution in [1.82, 2.24) is 0 Å². The zero-order valence-electron chi connectivity index (χ0n) is 23.1. The van der Waals surface area contributed by atoms with Gasteiger partial charge in [0.2, 0.25) is 5.91 Å². The molecule has 0 saturated carbocycles. The summed E-state index contributed by atoms with van der Waals surface area (Å²) in [6.45, 7) is 3.42. The predicted octanol–water partition coefficient (Wildman–Crippen LogP) is 6.17. The van der Waals surface area contributed by atoms with Gasteiger partial charge < -0.3 is 25.8 Å². The van der Waals surface area contributed by atoms with E-state index in [0.29, 0.717) is 21.8 Å². The molecule has 0 radical (unpaired) electrons. The second kappa shape index (κ2) is 14.3. The Bertz CT molecular complexity index is 1690. The lowest BCUT2D eigenvalue weighted by molar-refractivity contribution is -0.113. The van der Waals surface area contributed by atoms with Gasteiger partial charge in [-0.05, 0) is 61.9 Å². The number of rotatable bonds is 11. The molecule has 0 aliphatic carbocycles.